The van der Waals surface area contributed by atoms with Gasteiger partial charge in [-0.3, -0.25) is 0 Å². The first-order valence-electron chi connectivity index (χ1n) is 7.52. The van der Waals surface area contributed by atoms with Gasteiger partial charge in [-0.05, 0) is 28.8 Å². The standard InChI is InChI=1S/C20H14OS/c1-2-6-15(18-12-21-18)14(5-1)13-9-10-17-16-7-3-4-8-19(16)22-20(17)11-13/h1-11,18H,12H2. The highest BCUT2D eigenvalue weighted by atomic mass is 32.1. The molecule has 1 atom stereocenters. The van der Waals surface area contributed by atoms with Gasteiger partial charge in [-0.2, -0.15) is 0 Å². The maximum Gasteiger partial charge on any atom is 0.107 e. The topological polar surface area (TPSA) is 12.5 Å². The third-order valence-corrected chi connectivity index (χ3v) is 5.46. The summed E-state index contributed by atoms with van der Waals surface area (Å²) in [5.74, 6) is 0. The van der Waals surface area contributed by atoms with Crippen LogP contribution in [0.3, 0.4) is 0 Å². The van der Waals surface area contributed by atoms with Crippen molar-refractivity contribution in [3.8, 4) is 11.1 Å². The zero-order valence-corrected chi connectivity index (χ0v) is 12.8. The van der Waals surface area contributed by atoms with E-state index in [1.54, 1.807) is 0 Å². The largest absolute Gasteiger partial charge is 0.368 e. The van der Waals surface area contributed by atoms with Crippen molar-refractivity contribution in [2.24, 2.45) is 0 Å². The third-order valence-electron chi connectivity index (χ3n) is 4.33. The Hall–Kier alpha value is -2.16. The van der Waals surface area contributed by atoms with Crippen molar-refractivity contribution < 1.29 is 4.74 Å². The van der Waals surface area contributed by atoms with Crippen LogP contribution in [0.4, 0.5) is 0 Å². The van der Waals surface area contributed by atoms with Gasteiger partial charge in [-0.15, -0.1) is 11.3 Å². The monoisotopic (exact) mass is 302 g/mol. The molecule has 5 rings (SSSR count). The minimum atomic E-state index is 0.286. The fraction of sp³-hybridized carbons (Fsp3) is 0.100. The van der Waals surface area contributed by atoms with E-state index >= 15 is 0 Å². The second kappa shape index (κ2) is 4.67. The smallest absolute Gasteiger partial charge is 0.107 e. The van der Waals surface area contributed by atoms with Gasteiger partial charge in [0, 0.05) is 20.2 Å². The summed E-state index contributed by atoms with van der Waals surface area (Å²) in [6, 6.07) is 24.0. The van der Waals surface area contributed by atoms with Crippen LogP contribution in [-0.4, -0.2) is 6.61 Å². The second-order valence-electron chi connectivity index (χ2n) is 5.72. The Balaban J connectivity index is 1.74. The molecule has 0 bridgehead atoms. The van der Waals surface area contributed by atoms with Crippen LogP contribution in [0.25, 0.3) is 31.3 Å². The molecule has 1 aliphatic heterocycles. The molecule has 1 fully saturated rings. The Labute approximate surface area is 132 Å². The van der Waals surface area contributed by atoms with Crippen LogP contribution in [0.1, 0.15) is 11.7 Å². The van der Waals surface area contributed by atoms with Gasteiger partial charge in [0.2, 0.25) is 0 Å². The van der Waals surface area contributed by atoms with Crippen molar-refractivity contribution in [1.82, 2.24) is 0 Å². The Morgan fingerprint density at radius 2 is 1.59 bits per heavy atom. The van der Waals surface area contributed by atoms with Gasteiger partial charge in [0.05, 0.1) is 6.61 Å². The van der Waals surface area contributed by atoms with Crippen molar-refractivity contribution >= 4 is 31.5 Å². The number of hydrogen-bond acceptors (Lipinski definition) is 2. The molecule has 1 saturated heterocycles. The van der Waals surface area contributed by atoms with Gasteiger partial charge >= 0.3 is 0 Å². The van der Waals surface area contributed by atoms with E-state index in [0.717, 1.165) is 6.61 Å². The van der Waals surface area contributed by atoms with Crippen molar-refractivity contribution in [3.05, 3.63) is 72.3 Å². The van der Waals surface area contributed by atoms with Crippen molar-refractivity contribution in [1.29, 1.82) is 0 Å². The van der Waals surface area contributed by atoms with Crippen LogP contribution in [0.5, 0.6) is 0 Å². The molecule has 2 heterocycles. The highest BCUT2D eigenvalue weighted by Crippen LogP contribution is 2.40. The highest BCUT2D eigenvalue weighted by Gasteiger charge is 2.27. The number of benzene rings is 3. The molecule has 1 aromatic heterocycles. The molecule has 0 spiro atoms. The van der Waals surface area contributed by atoms with Gasteiger partial charge in [-0.25, -0.2) is 0 Å². The van der Waals surface area contributed by atoms with Crippen LogP contribution in [0, 0.1) is 0 Å². The Morgan fingerprint density at radius 3 is 2.50 bits per heavy atom. The lowest BCUT2D eigenvalue weighted by Crippen LogP contribution is -1.87. The number of ether oxygens (including phenoxy) is 1. The Bertz CT molecular complexity index is 995. The van der Waals surface area contributed by atoms with E-state index in [0.29, 0.717) is 0 Å². The maximum atomic E-state index is 5.49. The zero-order chi connectivity index (χ0) is 14.5. The molecule has 22 heavy (non-hydrogen) atoms. The van der Waals surface area contributed by atoms with Crippen LogP contribution in [-0.2, 0) is 4.74 Å². The number of hydrogen-bond donors (Lipinski definition) is 0. The summed E-state index contributed by atoms with van der Waals surface area (Å²) in [5.41, 5.74) is 3.89. The van der Waals surface area contributed by atoms with E-state index in [4.69, 9.17) is 4.74 Å². The van der Waals surface area contributed by atoms with Crippen molar-refractivity contribution in [2.75, 3.05) is 6.61 Å². The zero-order valence-electron chi connectivity index (χ0n) is 12.0. The fourth-order valence-corrected chi connectivity index (χ4v) is 4.31. The third kappa shape index (κ3) is 1.88. The van der Waals surface area contributed by atoms with E-state index < -0.39 is 0 Å². The van der Waals surface area contributed by atoms with E-state index in [1.165, 1.54) is 36.9 Å². The molecule has 2 heteroatoms. The quantitative estimate of drug-likeness (QED) is 0.427. The molecule has 0 N–H and O–H groups in total. The van der Waals surface area contributed by atoms with Crippen LogP contribution < -0.4 is 0 Å². The van der Waals surface area contributed by atoms with Gasteiger partial charge in [0.15, 0.2) is 0 Å². The minimum absolute atomic E-state index is 0.286. The lowest BCUT2D eigenvalue weighted by atomic mass is 9.97. The average Bonchev–Trinajstić information content (AvgIpc) is 3.35. The SMILES string of the molecule is c1ccc(C2CO2)c(-c2ccc3c(c2)sc2ccccc23)c1. The molecule has 0 aliphatic carbocycles. The van der Waals surface area contributed by atoms with Crippen LogP contribution in [0.2, 0.25) is 0 Å². The molecule has 106 valence electrons. The van der Waals surface area contributed by atoms with Crippen molar-refractivity contribution in [3.63, 3.8) is 0 Å². The molecular formula is C20H14OS. The summed E-state index contributed by atoms with van der Waals surface area (Å²) < 4.78 is 8.20. The number of fused-ring (bicyclic) bond motifs is 3. The molecule has 0 saturated carbocycles. The highest BCUT2D eigenvalue weighted by molar-refractivity contribution is 7.25. The molecule has 4 aromatic rings. The summed E-state index contributed by atoms with van der Waals surface area (Å²) in [7, 11) is 0. The summed E-state index contributed by atoms with van der Waals surface area (Å²) in [6.07, 6.45) is 0.286. The maximum absolute atomic E-state index is 5.49. The molecule has 1 aliphatic rings. The molecule has 1 unspecified atom stereocenters. The van der Waals surface area contributed by atoms with Gasteiger partial charge in [-0.1, -0.05) is 54.6 Å². The van der Waals surface area contributed by atoms with Crippen molar-refractivity contribution in [2.45, 2.75) is 6.10 Å². The van der Waals surface area contributed by atoms with Gasteiger partial charge < -0.3 is 4.74 Å². The normalized spacial score (nSPS) is 17.2. The molecule has 3 aromatic carbocycles. The Kier molecular flexibility index (Phi) is 2.63. The predicted molar refractivity (Wildman–Crippen MR) is 93.5 cm³/mol. The lowest BCUT2D eigenvalue weighted by Gasteiger charge is -2.07. The molecular weight excluding hydrogens is 288 g/mol. The first-order chi connectivity index (χ1) is 10.9. The minimum Gasteiger partial charge on any atom is -0.368 e. The van der Waals surface area contributed by atoms with E-state index in [1.807, 2.05) is 11.3 Å². The second-order valence-corrected chi connectivity index (χ2v) is 6.80. The fourth-order valence-electron chi connectivity index (χ4n) is 3.16. The Morgan fingerprint density at radius 1 is 0.818 bits per heavy atom. The summed E-state index contributed by atoms with van der Waals surface area (Å²) in [6.45, 7) is 0.849. The van der Waals surface area contributed by atoms with Gasteiger partial charge in [0.1, 0.15) is 6.10 Å². The average molecular weight is 302 g/mol. The molecule has 0 amide bonds. The summed E-state index contributed by atoms with van der Waals surface area (Å²) >= 11 is 1.87. The van der Waals surface area contributed by atoms with E-state index in [2.05, 4.69) is 66.7 Å². The number of epoxide rings is 1. The van der Waals surface area contributed by atoms with Gasteiger partial charge in [0.25, 0.3) is 0 Å². The van der Waals surface area contributed by atoms with E-state index in [-0.39, 0.29) is 6.10 Å². The van der Waals surface area contributed by atoms with E-state index in [9.17, 15) is 0 Å². The van der Waals surface area contributed by atoms with Crippen LogP contribution in [0.15, 0.2) is 66.7 Å². The summed E-state index contributed by atoms with van der Waals surface area (Å²) in [4.78, 5) is 0. The summed E-state index contributed by atoms with van der Waals surface area (Å²) in [5, 5.41) is 2.71. The lowest BCUT2D eigenvalue weighted by molar-refractivity contribution is 0.416. The first-order valence-corrected chi connectivity index (χ1v) is 8.34. The van der Waals surface area contributed by atoms with Crippen LogP contribution >= 0.6 is 11.3 Å². The molecule has 1 nitrogen and oxygen atoms in total. The molecule has 0 radical (unpaired) electrons. The first kappa shape index (κ1) is 12.4. The number of thiophene rings is 1. The predicted octanol–water partition coefficient (Wildman–Crippen LogP) is 5.79. The number of rotatable bonds is 2.